The minimum absolute atomic E-state index is 0.126. The van der Waals surface area contributed by atoms with Crippen molar-refractivity contribution >= 4 is 21.8 Å². The summed E-state index contributed by atoms with van der Waals surface area (Å²) in [4.78, 5) is 11.9. The summed E-state index contributed by atoms with van der Waals surface area (Å²) in [5, 5.41) is 4.21. The van der Waals surface area contributed by atoms with Gasteiger partial charge in [-0.3, -0.25) is 4.79 Å². The maximum absolute atomic E-state index is 11.9. The molecule has 0 radical (unpaired) electrons. The van der Waals surface area contributed by atoms with Gasteiger partial charge >= 0.3 is 0 Å². The molecule has 1 aliphatic rings. The minimum atomic E-state index is 0.126. The number of alkyl halides is 1. The molecule has 1 rings (SSSR count). The van der Waals surface area contributed by atoms with Crippen LogP contribution in [0.2, 0.25) is 0 Å². The van der Waals surface area contributed by atoms with Crippen molar-refractivity contribution in [1.82, 2.24) is 5.32 Å². The molecule has 17 heavy (non-hydrogen) atoms. The molecule has 2 nitrogen and oxygen atoms in total. The van der Waals surface area contributed by atoms with Gasteiger partial charge in [-0.25, -0.2) is 0 Å². The summed E-state index contributed by atoms with van der Waals surface area (Å²) in [5.74, 6) is 2.19. The van der Waals surface area contributed by atoms with E-state index in [1.165, 1.54) is 25.7 Å². The van der Waals surface area contributed by atoms with Gasteiger partial charge in [-0.1, -0.05) is 49.5 Å². The number of hydrogen-bond acceptors (Lipinski definition) is 1. The van der Waals surface area contributed by atoms with E-state index in [4.69, 9.17) is 0 Å². The van der Waals surface area contributed by atoms with Gasteiger partial charge in [0.2, 0.25) is 5.91 Å². The molecular weight excluding hydrogens is 278 g/mol. The van der Waals surface area contributed by atoms with Gasteiger partial charge in [-0.05, 0) is 30.6 Å². The Morgan fingerprint density at radius 2 is 1.82 bits per heavy atom. The third-order valence-electron chi connectivity index (χ3n) is 4.22. The Morgan fingerprint density at radius 3 is 2.35 bits per heavy atom. The number of carbonyl (C=O) groups is 1. The SMILES string of the molecule is CC(C)C(C)C(=O)NCC1CCCCC1CBr. The fraction of sp³-hybridized carbons (Fsp3) is 0.929. The van der Waals surface area contributed by atoms with Crippen LogP contribution in [0.3, 0.4) is 0 Å². The molecule has 1 fully saturated rings. The standard InChI is InChI=1S/C14H26BrNO/c1-10(2)11(3)14(17)16-9-13-7-5-4-6-12(13)8-15/h10-13H,4-9H2,1-3H3,(H,16,17). The molecule has 0 aliphatic heterocycles. The first-order chi connectivity index (χ1) is 8.06. The van der Waals surface area contributed by atoms with Crippen LogP contribution in [0.5, 0.6) is 0 Å². The maximum atomic E-state index is 11.9. The van der Waals surface area contributed by atoms with Crippen molar-refractivity contribution in [2.75, 3.05) is 11.9 Å². The van der Waals surface area contributed by atoms with Gasteiger partial charge in [0.1, 0.15) is 0 Å². The Hall–Kier alpha value is -0.0500. The molecule has 0 spiro atoms. The molecule has 1 saturated carbocycles. The minimum Gasteiger partial charge on any atom is -0.356 e. The molecule has 0 saturated heterocycles. The van der Waals surface area contributed by atoms with E-state index < -0.39 is 0 Å². The van der Waals surface area contributed by atoms with E-state index in [9.17, 15) is 4.79 Å². The molecule has 0 aromatic heterocycles. The van der Waals surface area contributed by atoms with E-state index >= 15 is 0 Å². The highest BCUT2D eigenvalue weighted by Crippen LogP contribution is 2.30. The van der Waals surface area contributed by atoms with Crippen LogP contribution in [0, 0.1) is 23.7 Å². The lowest BCUT2D eigenvalue weighted by Crippen LogP contribution is -2.38. The van der Waals surface area contributed by atoms with Gasteiger partial charge in [0.25, 0.3) is 0 Å². The molecule has 100 valence electrons. The lowest BCUT2D eigenvalue weighted by molar-refractivity contribution is -0.126. The van der Waals surface area contributed by atoms with Gasteiger partial charge < -0.3 is 5.32 Å². The van der Waals surface area contributed by atoms with Crippen molar-refractivity contribution in [2.45, 2.75) is 46.5 Å². The molecule has 3 heteroatoms. The first-order valence-corrected chi connectivity index (χ1v) is 8.02. The number of hydrogen-bond donors (Lipinski definition) is 1. The number of rotatable bonds is 5. The van der Waals surface area contributed by atoms with E-state index in [0.29, 0.717) is 11.8 Å². The van der Waals surface area contributed by atoms with Gasteiger partial charge in [-0.2, -0.15) is 0 Å². The van der Waals surface area contributed by atoms with E-state index in [-0.39, 0.29) is 11.8 Å². The Bertz CT molecular complexity index is 242. The zero-order valence-corrected chi connectivity index (χ0v) is 12.9. The smallest absolute Gasteiger partial charge is 0.223 e. The molecule has 1 N–H and O–H groups in total. The highest BCUT2D eigenvalue weighted by molar-refractivity contribution is 9.09. The van der Waals surface area contributed by atoms with E-state index in [1.54, 1.807) is 0 Å². The first kappa shape index (κ1) is 15.0. The lowest BCUT2D eigenvalue weighted by Gasteiger charge is -2.30. The third-order valence-corrected chi connectivity index (χ3v) is 5.05. The van der Waals surface area contributed by atoms with Crippen molar-refractivity contribution in [3.8, 4) is 0 Å². The topological polar surface area (TPSA) is 29.1 Å². The first-order valence-electron chi connectivity index (χ1n) is 6.90. The largest absolute Gasteiger partial charge is 0.356 e. The second kappa shape index (κ2) is 7.40. The van der Waals surface area contributed by atoms with Gasteiger partial charge in [0.05, 0.1) is 0 Å². The highest BCUT2D eigenvalue weighted by atomic mass is 79.9. The number of amides is 1. The average Bonchev–Trinajstić information content (AvgIpc) is 2.35. The predicted octanol–water partition coefficient (Wildman–Crippen LogP) is 3.60. The van der Waals surface area contributed by atoms with E-state index in [0.717, 1.165) is 17.8 Å². The van der Waals surface area contributed by atoms with Crippen LogP contribution in [0.1, 0.15) is 46.5 Å². The normalized spacial score (nSPS) is 26.9. The van der Waals surface area contributed by atoms with Crippen molar-refractivity contribution < 1.29 is 4.79 Å². The molecule has 3 atom stereocenters. The Labute approximate surface area is 114 Å². The summed E-state index contributed by atoms with van der Waals surface area (Å²) in [7, 11) is 0. The van der Waals surface area contributed by atoms with Gasteiger partial charge in [0.15, 0.2) is 0 Å². The van der Waals surface area contributed by atoms with Crippen LogP contribution < -0.4 is 5.32 Å². The van der Waals surface area contributed by atoms with Crippen LogP contribution in [0.15, 0.2) is 0 Å². The predicted molar refractivity (Wildman–Crippen MR) is 76.3 cm³/mol. The fourth-order valence-electron chi connectivity index (χ4n) is 2.45. The van der Waals surface area contributed by atoms with Crippen LogP contribution >= 0.6 is 15.9 Å². The molecular formula is C14H26BrNO. The fourth-order valence-corrected chi connectivity index (χ4v) is 3.30. The quantitative estimate of drug-likeness (QED) is 0.773. The second-order valence-corrected chi connectivity index (χ2v) is 6.38. The molecule has 0 bridgehead atoms. The Kier molecular flexibility index (Phi) is 6.53. The molecule has 0 aromatic carbocycles. The van der Waals surface area contributed by atoms with Crippen molar-refractivity contribution in [3.05, 3.63) is 0 Å². The summed E-state index contributed by atoms with van der Waals surface area (Å²) >= 11 is 3.60. The second-order valence-electron chi connectivity index (χ2n) is 5.74. The van der Waals surface area contributed by atoms with E-state index in [2.05, 4.69) is 35.1 Å². The Morgan fingerprint density at radius 1 is 1.24 bits per heavy atom. The number of halogens is 1. The number of carbonyl (C=O) groups excluding carboxylic acids is 1. The summed E-state index contributed by atoms with van der Waals surface area (Å²) in [6, 6.07) is 0. The average molecular weight is 304 g/mol. The lowest BCUT2D eigenvalue weighted by atomic mass is 9.80. The summed E-state index contributed by atoms with van der Waals surface area (Å²) in [6.45, 7) is 7.09. The zero-order chi connectivity index (χ0) is 12.8. The monoisotopic (exact) mass is 303 g/mol. The molecule has 1 amide bonds. The maximum Gasteiger partial charge on any atom is 0.223 e. The molecule has 3 unspecified atom stereocenters. The van der Waals surface area contributed by atoms with Gasteiger partial charge in [0, 0.05) is 17.8 Å². The van der Waals surface area contributed by atoms with Crippen LogP contribution in [-0.2, 0) is 4.79 Å². The summed E-state index contributed by atoms with van der Waals surface area (Å²) in [5.41, 5.74) is 0. The van der Waals surface area contributed by atoms with Crippen molar-refractivity contribution in [2.24, 2.45) is 23.7 Å². The zero-order valence-electron chi connectivity index (χ0n) is 11.3. The van der Waals surface area contributed by atoms with E-state index in [1.807, 2.05) is 6.92 Å². The van der Waals surface area contributed by atoms with Gasteiger partial charge in [-0.15, -0.1) is 0 Å². The third kappa shape index (κ3) is 4.61. The van der Waals surface area contributed by atoms with Crippen LogP contribution in [0.25, 0.3) is 0 Å². The Balaban J connectivity index is 2.35. The summed E-state index contributed by atoms with van der Waals surface area (Å²) < 4.78 is 0. The van der Waals surface area contributed by atoms with Crippen molar-refractivity contribution in [1.29, 1.82) is 0 Å². The summed E-state index contributed by atoms with van der Waals surface area (Å²) in [6.07, 6.45) is 5.25. The number of nitrogens with one attached hydrogen (secondary N) is 1. The molecule has 0 aromatic rings. The van der Waals surface area contributed by atoms with Crippen LogP contribution in [-0.4, -0.2) is 17.8 Å². The molecule has 0 heterocycles. The molecule has 1 aliphatic carbocycles. The van der Waals surface area contributed by atoms with Crippen LogP contribution in [0.4, 0.5) is 0 Å². The van der Waals surface area contributed by atoms with Crippen molar-refractivity contribution in [3.63, 3.8) is 0 Å². The highest BCUT2D eigenvalue weighted by Gasteiger charge is 2.25.